The van der Waals surface area contributed by atoms with E-state index in [4.69, 9.17) is 21.9 Å². The summed E-state index contributed by atoms with van der Waals surface area (Å²) in [6.07, 6.45) is 18.0. The smallest absolute Gasteiger partial charge is 0.115 e. The van der Waals surface area contributed by atoms with Crippen molar-refractivity contribution in [1.29, 1.82) is 0 Å². The molecule has 0 fully saturated rings. The van der Waals surface area contributed by atoms with E-state index in [0.717, 1.165) is 32.5 Å². The molecule has 0 spiro atoms. The minimum absolute atomic E-state index is 0.718. The van der Waals surface area contributed by atoms with Crippen molar-refractivity contribution in [2.45, 2.75) is 95.7 Å². The molecule has 0 saturated carbocycles. The Kier molecular flexibility index (Phi) is 17.5. The minimum Gasteiger partial charge on any atom is -0.383 e. The van der Waals surface area contributed by atoms with Crippen molar-refractivity contribution in [3.8, 4) is 0 Å². The first-order chi connectivity index (χ1) is 11.6. The number of hydrogen-bond acceptors (Lipinski definition) is 5. The van der Waals surface area contributed by atoms with Gasteiger partial charge >= 0.3 is 0 Å². The molecule has 146 valence electrons. The molecule has 0 aromatic carbocycles. The Morgan fingerprint density at radius 3 is 1.46 bits per heavy atom. The maximum Gasteiger partial charge on any atom is 0.115 e. The Balaban J connectivity index is 3.00. The molecule has 0 heterocycles. The Morgan fingerprint density at radius 1 is 0.625 bits per heavy atom. The van der Waals surface area contributed by atoms with Crippen molar-refractivity contribution in [2.75, 3.05) is 26.8 Å². The highest BCUT2D eigenvalue weighted by Crippen LogP contribution is 2.13. The summed E-state index contributed by atoms with van der Waals surface area (Å²) in [5, 5.41) is 3.39. The third-order valence-electron chi connectivity index (χ3n) is 4.45. The second-order valence-electron chi connectivity index (χ2n) is 7.20. The van der Waals surface area contributed by atoms with Crippen LogP contribution in [0.15, 0.2) is 0 Å². The zero-order valence-electron chi connectivity index (χ0n) is 16.2. The van der Waals surface area contributed by atoms with Crippen molar-refractivity contribution >= 4 is 0 Å². The summed E-state index contributed by atoms with van der Waals surface area (Å²) in [7, 11) is 1.75. The lowest BCUT2D eigenvalue weighted by atomic mass is 10.0. The Bertz CT molecular complexity index is 244. The average Bonchev–Trinajstić information content (AvgIpc) is 2.52. The van der Waals surface area contributed by atoms with Crippen LogP contribution in [0.25, 0.3) is 0 Å². The predicted octanol–water partition coefficient (Wildman–Crippen LogP) is 3.21. The quantitative estimate of drug-likeness (QED) is 0.213. The predicted molar refractivity (Wildman–Crippen MR) is 105 cm³/mol. The second kappa shape index (κ2) is 17.6. The number of rotatable bonds is 19. The van der Waals surface area contributed by atoms with Crippen molar-refractivity contribution in [2.24, 2.45) is 17.2 Å². The van der Waals surface area contributed by atoms with Gasteiger partial charge in [0.1, 0.15) is 5.79 Å². The molecule has 24 heavy (non-hydrogen) atoms. The maximum absolute atomic E-state index is 5.56. The van der Waals surface area contributed by atoms with Gasteiger partial charge in [0, 0.05) is 13.7 Å². The normalized spacial score (nSPS) is 12.0. The number of unbranched alkanes of at least 4 members (excludes halogenated alkanes) is 12. The summed E-state index contributed by atoms with van der Waals surface area (Å²) >= 11 is 0. The van der Waals surface area contributed by atoms with E-state index in [1.165, 1.54) is 77.0 Å². The molecule has 0 unspecified atom stereocenters. The lowest BCUT2D eigenvalue weighted by Crippen LogP contribution is -2.57. The molecule has 5 heteroatoms. The molecule has 0 aliphatic rings. The molecule has 0 rings (SSSR count). The molecule has 0 amide bonds. The highest BCUT2D eigenvalue weighted by Gasteiger charge is 2.09. The van der Waals surface area contributed by atoms with Gasteiger partial charge < -0.3 is 27.3 Å². The molecule has 0 atom stereocenters. The molecule has 0 aliphatic heterocycles. The first-order valence-corrected chi connectivity index (χ1v) is 10.1. The molecule has 7 N–H and O–H groups in total. The van der Waals surface area contributed by atoms with E-state index in [1.54, 1.807) is 7.11 Å². The molecule has 0 saturated heterocycles. The average molecular weight is 345 g/mol. The van der Waals surface area contributed by atoms with Gasteiger partial charge in [0.2, 0.25) is 0 Å². The van der Waals surface area contributed by atoms with Gasteiger partial charge in [0.15, 0.2) is 0 Å². The van der Waals surface area contributed by atoms with E-state index in [1.807, 2.05) is 0 Å². The topological polar surface area (TPSA) is 99.3 Å². The van der Waals surface area contributed by atoms with Gasteiger partial charge in [0.05, 0.1) is 6.61 Å². The van der Waals surface area contributed by atoms with Crippen molar-refractivity contribution in [3.63, 3.8) is 0 Å². The molecule has 0 aromatic heterocycles. The molecule has 0 aliphatic carbocycles. The summed E-state index contributed by atoms with van der Waals surface area (Å²) in [4.78, 5) is 0. The Labute approximate surface area is 150 Å². The van der Waals surface area contributed by atoms with Gasteiger partial charge in [-0.05, 0) is 25.8 Å². The van der Waals surface area contributed by atoms with Crippen LogP contribution in [0.4, 0.5) is 0 Å². The third-order valence-corrected chi connectivity index (χ3v) is 4.45. The number of hydrogen-bond donors (Lipinski definition) is 4. The van der Waals surface area contributed by atoms with Crippen LogP contribution in [0.5, 0.6) is 0 Å². The van der Waals surface area contributed by atoms with Crippen LogP contribution in [-0.4, -0.2) is 32.6 Å². The lowest BCUT2D eigenvalue weighted by molar-refractivity contribution is 0.199. The zero-order chi connectivity index (χ0) is 17.9. The Morgan fingerprint density at radius 2 is 1.04 bits per heavy atom. The van der Waals surface area contributed by atoms with Crippen molar-refractivity contribution in [1.82, 2.24) is 5.32 Å². The van der Waals surface area contributed by atoms with Crippen LogP contribution in [-0.2, 0) is 4.74 Å². The second-order valence-corrected chi connectivity index (χ2v) is 7.20. The van der Waals surface area contributed by atoms with E-state index < -0.39 is 5.79 Å². The van der Waals surface area contributed by atoms with E-state index in [9.17, 15) is 0 Å². The van der Waals surface area contributed by atoms with Crippen LogP contribution < -0.4 is 22.5 Å². The molecule has 5 nitrogen and oxygen atoms in total. The van der Waals surface area contributed by atoms with E-state index >= 15 is 0 Å². The largest absolute Gasteiger partial charge is 0.383 e. The highest BCUT2D eigenvalue weighted by atomic mass is 16.5. The molecule has 0 aromatic rings. The van der Waals surface area contributed by atoms with E-state index in [-0.39, 0.29) is 0 Å². The van der Waals surface area contributed by atoms with Gasteiger partial charge in [-0.1, -0.05) is 70.6 Å². The fourth-order valence-electron chi connectivity index (χ4n) is 2.92. The minimum atomic E-state index is -0.972. The van der Waals surface area contributed by atoms with Gasteiger partial charge in [-0.25, -0.2) is 0 Å². The van der Waals surface area contributed by atoms with E-state index in [0.29, 0.717) is 0 Å². The lowest BCUT2D eigenvalue weighted by Gasteiger charge is -2.17. The molecular weight excluding hydrogens is 300 g/mol. The van der Waals surface area contributed by atoms with Crippen molar-refractivity contribution in [3.05, 3.63) is 0 Å². The standard InChI is InChI=1S/C19H44N4O/c1-24-18-17-23-16-14-12-10-8-6-4-2-3-5-7-9-11-13-15-19(20,21)22/h23H,2-18,20-22H2,1H3. The fourth-order valence-corrected chi connectivity index (χ4v) is 2.92. The SMILES string of the molecule is COCCNCCCCCCCCCCCCCCCC(N)(N)N. The number of methoxy groups -OCH3 is 1. The van der Waals surface area contributed by atoms with Crippen LogP contribution in [0.3, 0.4) is 0 Å². The number of nitrogens with two attached hydrogens (primary N) is 3. The first kappa shape index (κ1) is 23.8. The van der Waals surface area contributed by atoms with Crippen molar-refractivity contribution < 1.29 is 4.74 Å². The molecular formula is C19H44N4O. The summed E-state index contributed by atoms with van der Waals surface area (Å²) in [6.45, 7) is 2.92. The highest BCUT2D eigenvalue weighted by molar-refractivity contribution is 4.66. The third kappa shape index (κ3) is 21.8. The first-order valence-electron chi connectivity index (χ1n) is 10.1. The number of ether oxygens (including phenoxy) is 1. The van der Waals surface area contributed by atoms with Gasteiger partial charge in [-0.3, -0.25) is 0 Å². The summed E-state index contributed by atoms with van der Waals surface area (Å²) in [5.41, 5.74) is 16.7. The zero-order valence-corrected chi connectivity index (χ0v) is 16.2. The molecule has 0 radical (unpaired) electrons. The van der Waals surface area contributed by atoms with Crippen LogP contribution >= 0.6 is 0 Å². The summed E-state index contributed by atoms with van der Waals surface area (Å²) < 4.78 is 5.00. The summed E-state index contributed by atoms with van der Waals surface area (Å²) in [5.74, 6) is -0.972. The van der Waals surface area contributed by atoms with Gasteiger partial charge in [-0.2, -0.15) is 0 Å². The monoisotopic (exact) mass is 344 g/mol. The van der Waals surface area contributed by atoms with Gasteiger partial charge in [-0.15, -0.1) is 0 Å². The van der Waals surface area contributed by atoms with Crippen LogP contribution in [0.1, 0.15) is 89.9 Å². The van der Waals surface area contributed by atoms with Crippen LogP contribution in [0, 0.1) is 0 Å². The summed E-state index contributed by atoms with van der Waals surface area (Å²) in [6, 6.07) is 0. The molecule has 0 bridgehead atoms. The van der Waals surface area contributed by atoms with E-state index in [2.05, 4.69) is 5.32 Å². The Hall–Kier alpha value is -0.200. The maximum atomic E-state index is 5.56. The van der Waals surface area contributed by atoms with Crippen LogP contribution in [0.2, 0.25) is 0 Å². The fraction of sp³-hybridized carbons (Fsp3) is 1.00. The van der Waals surface area contributed by atoms with Gasteiger partial charge in [0.25, 0.3) is 0 Å². The number of nitrogens with one attached hydrogen (secondary N) is 1.